The second kappa shape index (κ2) is 11.5. The molecule has 4 aliphatic rings. The molecule has 0 radical (unpaired) electrons. The molecule has 4 aliphatic carbocycles. The minimum absolute atomic E-state index is 0.114. The van der Waals surface area contributed by atoms with Crippen LogP contribution in [0.3, 0.4) is 0 Å². The monoisotopic (exact) mass is 586 g/mol. The Kier molecular flexibility index (Phi) is 8.16. The van der Waals surface area contributed by atoms with E-state index in [1.54, 1.807) is 12.1 Å². The smallest absolute Gasteiger partial charge is 0.283 e. The Hall–Kier alpha value is -1.74. The molecule has 218 valence electrons. The first-order valence-corrected chi connectivity index (χ1v) is 18.3. The highest BCUT2D eigenvalue weighted by Gasteiger charge is 2.40. The second-order valence-corrected chi connectivity index (χ2v) is 15.5. The van der Waals surface area contributed by atoms with Crippen molar-refractivity contribution in [3.05, 3.63) is 63.7 Å². The van der Waals surface area contributed by atoms with Crippen LogP contribution in [-0.2, 0) is 37.3 Å². The molecule has 1 atom stereocenters. The maximum atomic E-state index is 14.4. The molecule has 40 heavy (non-hydrogen) atoms. The second-order valence-electron chi connectivity index (χ2n) is 12.6. The summed E-state index contributed by atoms with van der Waals surface area (Å²) in [5, 5.41) is 0. The van der Waals surface area contributed by atoms with E-state index in [0.29, 0.717) is 12.3 Å². The minimum atomic E-state index is -4.88. The zero-order valence-corrected chi connectivity index (χ0v) is 24.9. The van der Waals surface area contributed by atoms with Crippen molar-refractivity contribution >= 4 is 20.2 Å². The molecule has 1 N–H and O–H groups in total. The molecule has 0 heterocycles. The first-order chi connectivity index (χ1) is 19.2. The molecule has 1 unspecified atom stereocenters. The molecule has 3 saturated carbocycles. The van der Waals surface area contributed by atoms with Crippen LogP contribution in [0.1, 0.15) is 146 Å². The van der Waals surface area contributed by atoms with Gasteiger partial charge in [0.05, 0.1) is 0 Å². The summed E-state index contributed by atoms with van der Waals surface area (Å²) in [6, 6.07) is 9.52. The Balaban J connectivity index is 1.50. The van der Waals surface area contributed by atoms with E-state index in [2.05, 4.69) is 12.1 Å². The number of rotatable bonds is 8. The first-order valence-electron chi connectivity index (χ1n) is 15.4. The van der Waals surface area contributed by atoms with Crippen LogP contribution >= 0.6 is 0 Å². The van der Waals surface area contributed by atoms with Gasteiger partial charge in [-0.05, 0) is 110 Å². The molecule has 6 nitrogen and oxygen atoms in total. The fourth-order valence-corrected chi connectivity index (χ4v) is 10.7. The van der Waals surface area contributed by atoms with Gasteiger partial charge in [-0.15, -0.1) is 0 Å². The van der Waals surface area contributed by atoms with Crippen molar-refractivity contribution in [2.45, 2.75) is 131 Å². The Morgan fingerprint density at radius 1 is 0.700 bits per heavy atom. The molecule has 0 bridgehead atoms. The highest BCUT2D eigenvalue weighted by atomic mass is 32.2. The first kappa shape index (κ1) is 28.4. The lowest BCUT2D eigenvalue weighted by atomic mass is 9.85. The van der Waals surface area contributed by atoms with E-state index in [-0.39, 0.29) is 22.3 Å². The lowest BCUT2D eigenvalue weighted by Gasteiger charge is -2.27. The molecule has 3 fully saturated rings. The molecular formula is C32H42O6S2. The lowest BCUT2D eigenvalue weighted by molar-refractivity contribution is 0.264. The summed E-state index contributed by atoms with van der Waals surface area (Å²) in [7, 11) is -9.41. The van der Waals surface area contributed by atoms with E-state index in [4.69, 9.17) is 4.18 Å². The van der Waals surface area contributed by atoms with E-state index in [1.165, 1.54) is 18.4 Å². The quantitative estimate of drug-likeness (QED) is 0.250. The van der Waals surface area contributed by atoms with Gasteiger partial charge < -0.3 is 0 Å². The van der Waals surface area contributed by atoms with E-state index < -0.39 is 25.7 Å². The van der Waals surface area contributed by atoms with Gasteiger partial charge in [0.15, 0.2) is 0 Å². The molecule has 6 rings (SSSR count). The molecule has 0 aromatic heterocycles. The highest BCUT2D eigenvalue weighted by Crippen LogP contribution is 2.48. The van der Waals surface area contributed by atoms with Gasteiger partial charge in [-0.25, -0.2) is 4.18 Å². The van der Waals surface area contributed by atoms with Gasteiger partial charge in [0.25, 0.3) is 20.2 Å². The summed E-state index contributed by atoms with van der Waals surface area (Å²) in [6.45, 7) is 0. The summed E-state index contributed by atoms with van der Waals surface area (Å²) in [6.07, 6.45) is 15.9. The molecule has 8 heteroatoms. The molecule has 2 aromatic carbocycles. The van der Waals surface area contributed by atoms with Crippen LogP contribution in [0.5, 0.6) is 0 Å². The van der Waals surface area contributed by atoms with Crippen LogP contribution < -0.4 is 0 Å². The maximum absolute atomic E-state index is 14.4. The van der Waals surface area contributed by atoms with Crippen LogP contribution in [0.4, 0.5) is 0 Å². The Bertz CT molecular complexity index is 1410. The molecule has 0 saturated heterocycles. The van der Waals surface area contributed by atoms with Gasteiger partial charge >= 0.3 is 0 Å². The highest BCUT2D eigenvalue weighted by molar-refractivity contribution is 7.89. The van der Waals surface area contributed by atoms with Gasteiger partial charge in [0.2, 0.25) is 5.44 Å². The average Bonchev–Trinajstić information content (AvgIpc) is 3.74. The summed E-state index contributed by atoms with van der Waals surface area (Å²) < 4.78 is 70.6. The molecule has 0 amide bonds. The largest absolute Gasteiger partial charge is 0.299 e. The van der Waals surface area contributed by atoms with Crippen LogP contribution in [0, 0.1) is 0 Å². The van der Waals surface area contributed by atoms with Crippen molar-refractivity contribution in [2.75, 3.05) is 0 Å². The van der Waals surface area contributed by atoms with E-state index >= 15 is 0 Å². The van der Waals surface area contributed by atoms with Crippen molar-refractivity contribution in [1.29, 1.82) is 0 Å². The predicted molar refractivity (Wildman–Crippen MR) is 156 cm³/mol. The van der Waals surface area contributed by atoms with Crippen LogP contribution in [0.25, 0.3) is 0 Å². The SMILES string of the molecule is O=S(=O)(OC(c1cccc2c1CCCC2)S(=O)(=O)O)c1c(C2CCCC2)cc(C2CCCC2)cc1C1CCCC1. The summed E-state index contributed by atoms with van der Waals surface area (Å²) in [4.78, 5) is 0.187. The van der Waals surface area contributed by atoms with Gasteiger partial charge in [-0.2, -0.15) is 16.8 Å². The molecular weight excluding hydrogens is 544 g/mol. The van der Waals surface area contributed by atoms with Gasteiger partial charge in [-0.3, -0.25) is 4.55 Å². The lowest BCUT2D eigenvalue weighted by Crippen LogP contribution is -2.24. The van der Waals surface area contributed by atoms with Crippen molar-refractivity contribution in [3.63, 3.8) is 0 Å². The third kappa shape index (κ3) is 5.66. The maximum Gasteiger partial charge on any atom is 0.299 e. The molecule has 0 aliphatic heterocycles. The summed E-state index contributed by atoms with van der Waals surface area (Å²) in [5.41, 5.74) is 2.92. The standard InChI is InChI=1S/C32H42O6S2/c33-39(34,35)32(28-19-9-17-23-12-7-8-18-27(23)28)38-40(36,37)31-29(24-13-3-4-14-24)20-26(22-10-1-2-11-22)21-30(31)25-15-5-6-16-25/h9,17,19-22,24-25,32H,1-8,10-16,18H2,(H,33,34,35). The van der Waals surface area contributed by atoms with Gasteiger partial charge in [0, 0.05) is 5.56 Å². The number of benzene rings is 2. The van der Waals surface area contributed by atoms with Crippen LogP contribution in [-0.4, -0.2) is 21.4 Å². The predicted octanol–water partition coefficient (Wildman–Crippen LogP) is 7.83. The third-order valence-electron chi connectivity index (χ3n) is 10.0. The fourth-order valence-electron chi connectivity index (χ4n) is 8.02. The average molecular weight is 587 g/mol. The molecule has 0 spiro atoms. The van der Waals surface area contributed by atoms with Crippen molar-refractivity contribution < 1.29 is 25.6 Å². The van der Waals surface area contributed by atoms with Crippen molar-refractivity contribution in [3.8, 4) is 0 Å². The molecule has 2 aromatic rings. The normalized spacial score (nSPS) is 22.1. The summed E-state index contributed by atoms with van der Waals surface area (Å²) in [5.74, 6) is 0.673. The number of hydrogen-bond acceptors (Lipinski definition) is 5. The zero-order valence-electron chi connectivity index (χ0n) is 23.3. The van der Waals surface area contributed by atoms with Crippen molar-refractivity contribution in [1.82, 2.24) is 0 Å². The van der Waals surface area contributed by atoms with Crippen LogP contribution in [0.15, 0.2) is 35.2 Å². The third-order valence-corrected chi connectivity index (χ3v) is 12.4. The summed E-state index contributed by atoms with van der Waals surface area (Å²) >= 11 is 0. The van der Waals surface area contributed by atoms with Gasteiger partial charge in [-0.1, -0.05) is 68.9 Å². The van der Waals surface area contributed by atoms with E-state index in [1.807, 2.05) is 6.07 Å². The Morgan fingerprint density at radius 3 is 1.77 bits per heavy atom. The van der Waals surface area contributed by atoms with Crippen LogP contribution in [0.2, 0.25) is 0 Å². The fraction of sp³-hybridized carbons (Fsp3) is 0.625. The van der Waals surface area contributed by atoms with Gasteiger partial charge in [0.1, 0.15) is 4.90 Å². The number of fused-ring (bicyclic) bond motifs is 1. The van der Waals surface area contributed by atoms with Crippen molar-refractivity contribution in [2.24, 2.45) is 0 Å². The zero-order chi connectivity index (χ0) is 27.9. The van der Waals surface area contributed by atoms with E-state index in [0.717, 1.165) is 106 Å². The Labute approximate surface area is 239 Å². The topological polar surface area (TPSA) is 97.7 Å². The number of hydrogen-bond donors (Lipinski definition) is 1. The Morgan fingerprint density at radius 2 is 1.23 bits per heavy atom. The minimum Gasteiger partial charge on any atom is -0.283 e. The van der Waals surface area contributed by atoms with E-state index in [9.17, 15) is 21.4 Å². The number of aryl methyl sites for hydroxylation is 1.